The number of fused-ring (bicyclic) bond motifs is 1. The number of hydrogen-bond acceptors (Lipinski definition) is 3. The Morgan fingerprint density at radius 3 is 2.47 bits per heavy atom. The summed E-state index contributed by atoms with van der Waals surface area (Å²) in [6.07, 6.45) is 0.577. The SMILES string of the molecule is Cc1nc2n(C)c(C)c(C)n2c(=O)c1CCN. The van der Waals surface area contributed by atoms with Crippen molar-refractivity contribution in [2.75, 3.05) is 6.54 Å². The number of hydrogen-bond donors (Lipinski definition) is 1. The molecule has 0 aliphatic heterocycles. The van der Waals surface area contributed by atoms with Crippen LogP contribution in [0.3, 0.4) is 0 Å². The van der Waals surface area contributed by atoms with Gasteiger partial charge >= 0.3 is 0 Å². The van der Waals surface area contributed by atoms with Gasteiger partial charge in [0.1, 0.15) is 0 Å². The quantitative estimate of drug-likeness (QED) is 0.821. The molecule has 2 N–H and O–H groups in total. The largest absolute Gasteiger partial charge is 0.330 e. The third kappa shape index (κ3) is 1.58. The van der Waals surface area contributed by atoms with Crippen molar-refractivity contribution in [2.24, 2.45) is 12.8 Å². The Bertz CT molecular complexity index is 636. The van der Waals surface area contributed by atoms with E-state index in [2.05, 4.69) is 4.98 Å². The Morgan fingerprint density at radius 1 is 1.24 bits per heavy atom. The molecule has 0 saturated carbocycles. The lowest BCUT2D eigenvalue weighted by Crippen LogP contribution is -2.24. The maximum absolute atomic E-state index is 12.4. The second-order valence-electron chi connectivity index (χ2n) is 4.38. The molecule has 2 heterocycles. The average Bonchev–Trinajstić information content (AvgIpc) is 2.50. The summed E-state index contributed by atoms with van der Waals surface area (Å²) in [5.41, 5.74) is 9.04. The molecule has 0 amide bonds. The lowest BCUT2D eigenvalue weighted by molar-refractivity contribution is 0.847. The van der Waals surface area contributed by atoms with Crippen molar-refractivity contribution in [3.05, 3.63) is 33.0 Å². The van der Waals surface area contributed by atoms with Gasteiger partial charge < -0.3 is 10.3 Å². The molecule has 0 saturated heterocycles. The van der Waals surface area contributed by atoms with E-state index in [-0.39, 0.29) is 5.56 Å². The molecule has 0 unspecified atom stereocenters. The van der Waals surface area contributed by atoms with Gasteiger partial charge in [-0.1, -0.05) is 0 Å². The molecule has 2 aromatic heterocycles. The molecule has 2 aromatic rings. The van der Waals surface area contributed by atoms with Gasteiger partial charge in [-0.3, -0.25) is 4.79 Å². The van der Waals surface area contributed by atoms with Crippen LogP contribution in [0, 0.1) is 20.8 Å². The molecule has 0 atom stereocenters. The number of nitrogens with zero attached hydrogens (tertiary/aromatic N) is 3. The molecular formula is C12H18N4O. The van der Waals surface area contributed by atoms with Gasteiger partial charge in [-0.2, -0.15) is 0 Å². The highest BCUT2D eigenvalue weighted by Crippen LogP contribution is 2.12. The van der Waals surface area contributed by atoms with Crippen LogP contribution >= 0.6 is 0 Å². The molecule has 0 spiro atoms. The van der Waals surface area contributed by atoms with Gasteiger partial charge in [-0.15, -0.1) is 0 Å². The zero-order valence-corrected chi connectivity index (χ0v) is 10.7. The summed E-state index contributed by atoms with van der Waals surface area (Å²) < 4.78 is 3.61. The van der Waals surface area contributed by atoms with Gasteiger partial charge in [0.2, 0.25) is 5.78 Å². The van der Waals surface area contributed by atoms with Crippen molar-refractivity contribution in [3.8, 4) is 0 Å². The van der Waals surface area contributed by atoms with E-state index in [9.17, 15) is 4.79 Å². The Balaban J connectivity index is 2.93. The molecule has 0 aliphatic carbocycles. The smallest absolute Gasteiger partial charge is 0.262 e. The van der Waals surface area contributed by atoms with Crippen LogP contribution in [0.1, 0.15) is 22.6 Å². The molecule has 0 aliphatic rings. The summed E-state index contributed by atoms with van der Waals surface area (Å²) >= 11 is 0. The van der Waals surface area contributed by atoms with E-state index >= 15 is 0 Å². The van der Waals surface area contributed by atoms with E-state index in [1.165, 1.54) is 0 Å². The number of imidazole rings is 1. The molecule has 5 nitrogen and oxygen atoms in total. The van der Waals surface area contributed by atoms with Crippen molar-refractivity contribution >= 4 is 5.78 Å². The third-order valence-corrected chi connectivity index (χ3v) is 3.42. The maximum Gasteiger partial charge on any atom is 0.262 e. The topological polar surface area (TPSA) is 65.3 Å². The Morgan fingerprint density at radius 2 is 1.88 bits per heavy atom. The minimum absolute atomic E-state index is 0.0131. The number of aromatic nitrogens is 3. The minimum Gasteiger partial charge on any atom is -0.330 e. The molecular weight excluding hydrogens is 216 g/mol. The zero-order chi connectivity index (χ0) is 12.7. The lowest BCUT2D eigenvalue weighted by Gasteiger charge is -2.05. The van der Waals surface area contributed by atoms with Crippen molar-refractivity contribution < 1.29 is 0 Å². The predicted octanol–water partition coefficient (Wildman–Crippen LogP) is 0.459. The number of aryl methyl sites for hydroxylation is 3. The zero-order valence-electron chi connectivity index (χ0n) is 10.7. The first-order chi connectivity index (χ1) is 7.99. The Kier molecular flexibility index (Phi) is 2.79. The van der Waals surface area contributed by atoms with E-state index in [0.29, 0.717) is 18.7 Å². The highest BCUT2D eigenvalue weighted by atomic mass is 16.1. The Hall–Kier alpha value is -1.62. The summed E-state index contributed by atoms with van der Waals surface area (Å²) in [4.78, 5) is 16.9. The van der Waals surface area contributed by atoms with Crippen LogP contribution in [0.15, 0.2) is 4.79 Å². The molecule has 0 radical (unpaired) electrons. The fourth-order valence-corrected chi connectivity index (χ4v) is 2.16. The average molecular weight is 234 g/mol. The van der Waals surface area contributed by atoms with Gasteiger partial charge in [-0.25, -0.2) is 9.38 Å². The summed E-state index contributed by atoms with van der Waals surface area (Å²) in [5.74, 6) is 0.697. The lowest BCUT2D eigenvalue weighted by atomic mass is 10.2. The van der Waals surface area contributed by atoms with Crippen LogP contribution in [0.4, 0.5) is 0 Å². The van der Waals surface area contributed by atoms with Gasteiger partial charge in [0.25, 0.3) is 5.56 Å². The number of rotatable bonds is 2. The number of nitrogens with two attached hydrogens (primary N) is 1. The molecule has 0 fully saturated rings. The second-order valence-corrected chi connectivity index (χ2v) is 4.38. The second kappa shape index (κ2) is 4.00. The van der Waals surface area contributed by atoms with E-state index < -0.39 is 0 Å². The highest BCUT2D eigenvalue weighted by Gasteiger charge is 2.15. The monoisotopic (exact) mass is 234 g/mol. The molecule has 5 heteroatoms. The van der Waals surface area contributed by atoms with E-state index in [1.54, 1.807) is 4.40 Å². The fourth-order valence-electron chi connectivity index (χ4n) is 2.16. The van der Waals surface area contributed by atoms with Crippen molar-refractivity contribution in [3.63, 3.8) is 0 Å². The summed E-state index contributed by atoms with van der Waals surface area (Å²) in [7, 11) is 1.92. The Labute approximate surface area is 99.9 Å². The van der Waals surface area contributed by atoms with Crippen molar-refractivity contribution in [1.82, 2.24) is 14.0 Å². The standard InChI is InChI=1S/C12H18N4O/c1-7-10(5-6-13)11(17)16-9(3)8(2)15(4)12(16)14-7/h5-6,13H2,1-4H3. The van der Waals surface area contributed by atoms with Crippen LogP contribution in [0.2, 0.25) is 0 Å². The van der Waals surface area contributed by atoms with Gasteiger partial charge in [0.15, 0.2) is 0 Å². The summed E-state index contributed by atoms with van der Waals surface area (Å²) in [6, 6.07) is 0. The van der Waals surface area contributed by atoms with E-state index in [1.807, 2.05) is 32.4 Å². The molecule has 2 rings (SSSR count). The molecule has 17 heavy (non-hydrogen) atoms. The van der Waals surface area contributed by atoms with E-state index in [4.69, 9.17) is 5.73 Å². The van der Waals surface area contributed by atoms with Crippen LogP contribution in [0.5, 0.6) is 0 Å². The minimum atomic E-state index is 0.0131. The van der Waals surface area contributed by atoms with Crippen LogP contribution in [-0.2, 0) is 13.5 Å². The van der Waals surface area contributed by atoms with Crippen LogP contribution in [0.25, 0.3) is 5.78 Å². The van der Waals surface area contributed by atoms with Crippen molar-refractivity contribution in [1.29, 1.82) is 0 Å². The van der Waals surface area contributed by atoms with Gasteiger partial charge in [0, 0.05) is 24.0 Å². The molecule has 0 aromatic carbocycles. The van der Waals surface area contributed by atoms with Crippen LogP contribution in [-0.4, -0.2) is 20.5 Å². The summed E-state index contributed by atoms with van der Waals surface area (Å²) in [5, 5.41) is 0. The molecule has 92 valence electrons. The summed E-state index contributed by atoms with van der Waals surface area (Å²) in [6.45, 7) is 6.26. The predicted molar refractivity (Wildman–Crippen MR) is 67.4 cm³/mol. The fraction of sp³-hybridized carbons (Fsp3) is 0.500. The normalized spacial score (nSPS) is 11.4. The van der Waals surface area contributed by atoms with Crippen LogP contribution < -0.4 is 11.3 Å². The molecule has 0 bridgehead atoms. The van der Waals surface area contributed by atoms with Crippen molar-refractivity contribution in [2.45, 2.75) is 27.2 Å². The first-order valence-electron chi connectivity index (χ1n) is 5.73. The third-order valence-electron chi connectivity index (χ3n) is 3.42. The maximum atomic E-state index is 12.4. The highest BCUT2D eigenvalue weighted by molar-refractivity contribution is 5.40. The first kappa shape index (κ1) is 11.9. The van der Waals surface area contributed by atoms with Gasteiger partial charge in [-0.05, 0) is 33.7 Å². The van der Waals surface area contributed by atoms with Gasteiger partial charge in [0.05, 0.1) is 5.69 Å². The van der Waals surface area contributed by atoms with E-state index in [0.717, 1.165) is 22.6 Å². The first-order valence-corrected chi connectivity index (χ1v) is 5.73.